The molecule has 0 aromatic carbocycles. The Kier molecular flexibility index (Phi) is 5.23. The van der Waals surface area contributed by atoms with Crippen LogP contribution in [0.5, 0.6) is 0 Å². The molecule has 20 heavy (non-hydrogen) atoms. The monoisotopic (exact) mass is 277 g/mol. The average Bonchev–Trinajstić information content (AvgIpc) is 3.09. The molecule has 0 bridgehead atoms. The lowest BCUT2D eigenvalue weighted by atomic mass is 10.4. The highest BCUT2D eigenvalue weighted by Crippen LogP contribution is 2.02. The van der Waals surface area contributed by atoms with Gasteiger partial charge in [0.1, 0.15) is 5.82 Å². The molecule has 0 spiro atoms. The molecule has 0 amide bonds. The highest BCUT2D eigenvalue weighted by atomic mass is 15.4. The Morgan fingerprint density at radius 3 is 2.70 bits per heavy atom. The number of nitrogens with one attached hydrogen (secondary N) is 1. The zero-order chi connectivity index (χ0) is 14.4. The minimum atomic E-state index is 0.763. The zero-order valence-electron chi connectivity index (χ0n) is 12.5. The molecule has 0 atom stereocenters. The van der Waals surface area contributed by atoms with Gasteiger partial charge in [0.15, 0.2) is 5.82 Å². The van der Waals surface area contributed by atoms with Crippen LogP contribution < -0.4 is 5.32 Å². The minimum absolute atomic E-state index is 0.763. The van der Waals surface area contributed by atoms with E-state index in [1.807, 2.05) is 15.6 Å². The van der Waals surface area contributed by atoms with E-state index in [2.05, 4.69) is 46.5 Å². The van der Waals surface area contributed by atoms with Crippen molar-refractivity contribution in [3.63, 3.8) is 0 Å². The number of rotatable bonds is 8. The van der Waals surface area contributed by atoms with E-state index in [9.17, 15) is 0 Å². The van der Waals surface area contributed by atoms with Crippen molar-refractivity contribution < 1.29 is 0 Å². The van der Waals surface area contributed by atoms with Gasteiger partial charge in [-0.05, 0) is 6.54 Å². The van der Waals surface area contributed by atoms with Crippen LogP contribution in [-0.4, -0.2) is 36.3 Å². The molecule has 0 aliphatic heterocycles. The summed E-state index contributed by atoms with van der Waals surface area (Å²) in [5.41, 5.74) is 0.968. The van der Waals surface area contributed by atoms with Gasteiger partial charge in [0.05, 0.1) is 18.8 Å². The second-order valence-corrected chi connectivity index (χ2v) is 4.63. The molecule has 0 unspecified atom stereocenters. The minimum Gasteiger partial charge on any atom is -0.311 e. The Morgan fingerprint density at radius 2 is 2.00 bits per heavy atom. The average molecular weight is 277 g/mol. The number of hydrogen-bond donors (Lipinski definition) is 1. The maximum atomic E-state index is 4.50. The summed E-state index contributed by atoms with van der Waals surface area (Å²) < 4.78 is 3.84. The van der Waals surface area contributed by atoms with E-state index < -0.39 is 0 Å². The highest BCUT2D eigenvalue weighted by molar-refractivity contribution is 4.93. The smallest absolute Gasteiger partial charge is 0.150 e. The van der Waals surface area contributed by atoms with Crippen molar-refractivity contribution in [1.82, 2.24) is 35.1 Å². The molecule has 110 valence electrons. The second-order valence-electron chi connectivity index (χ2n) is 4.63. The van der Waals surface area contributed by atoms with Gasteiger partial charge >= 0.3 is 0 Å². The standard InChI is InChI=1S/C13H23N7/c1-4-12-15-13(5-2)20(17-12)8-7-19-10-11(16-18-19)9-14-6-3/h10,14H,4-9H2,1-3H3. The van der Waals surface area contributed by atoms with Gasteiger partial charge < -0.3 is 5.32 Å². The largest absolute Gasteiger partial charge is 0.311 e. The predicted octanol–water partition coefficient (Wildman–Crippen LogP) is 0.804. The van der Waals surface area contributed by atoms with Crippen LogP contribution in [0.15, 0.2) is 6.20 Å². The molecular weight excluding hydrogens is 254 g/mol. The summed E-state index contributed by atoms with van der Waals surface area (Å²) in [7, 11) is 0. The third kappa shape index (κ3) is 3.63. The van der Waals surface area contributed by atoms with Crippen LogP contribution in [0, 0.1) is 0 Å². The summed E-state index contributed by atoms with van der Waals surface area (Å²) in [6, 6.07) is 0. The van der Waals surface area contributed by atoms with Crippen molar-refractivity contribution >= 4 is 0 Å². The van der Waals surface area contributed by atoms with E-state index in [0.717, 1.165) is 56.4 Å². The lowest BCUT2D eigenvalue weighted by Crippen LogP contribution is -2.12. The molecular formula is C13H23N7. The first-order valence-electron chi connectivity index (χ1n) is 7.29. The van der Waals surface area contributed by atoms with Gasteiger partial charge in [-0.3, -0.25) is 4.68 Å². The quantitative estimate of drug-likeness (QED) is 0.773. The van der Waals surface area contributed by atoms with Crippen LogP contribution in [0.4, 0.5) is 0 Å². The van der Waals surface area contributed by atoms with Gasteiger partial charge in [0.25, 0.3) is 0 Å². The maximum Gasteiger partial charge on any atom is 0.150 e. The third-order valence-electron chi connectivity index (χ3n) is 3.11. The summed E-state index contributed by atoms with van der Waals surface area (Å²) in [4.78, 5) is 4.50. The van der Waals surface area contributed by atoms with Gasteiger partial charge in [0.2, 0.25) is 0 Å². The van der Waals surface area contributed by atoms with E-state index >= 15 is 0 Å². The first kappa shape index (κ1) is 14.6. The molecule has 2 aromatic rings. The fourth-order valence-corrected chi connectivity index (χ4v) is 2.00. The van der Waals surface area contributed by atoms with Crippen LogP contribution in [0.2, 0.25) is 0 Å². The van der Waals surface area contributed by atoms with Gasteiger partial charge in [0, 0.05) is 25.6 Å². The predicted molar refractivity (Wildman–Crippen MR) is 76.2 cm³/mol. The van der Waals surface area contributed by atoms with Crippen LogP contribution in [0.25, 0.3) is 0 Å². The van der Waals surface area contributed by atoms with E-state index in [0.29, 0.717) is 0 Å². The van der Waals surface area contributed by atoms with Crippen molar-refractivity contribution in [3.8, 4) is 0 Å². The van der Waals surface area contributed by atoms with Crippen molar-refractivity contribution in [2.75, 3.05) is 6.54 Å². The fourth-order valence-electron chi connectivity index (χ4n) is 2.00. The molecule has 7 nitrogen and oxygen atoms in total. The highest BCUT2D eigenvalue weighted by Gasteiger charge is 2.07. The SMILES string of the molecule is CCNCc1cn(CCn2nc(CC)nc2CC)nn1. The summed E-state index contributed by atoms with van der Waals surface area (Å²) in [6.45, 7) is 9.49. The molecule has 2 heterocycles. The molecule has 0 aliphatic carbocycles. The van der Waals surface area contributed by atoms with E-state index in [1.165, 1.54) is 0 Å². The normalized spacial score (nSPS) is 11.2. The summed E-state index contributed by atoms with van der Waals surface area (Å²) in [6.07, 6.45) is 3.75. The Hall–Kier alpha value is -1.76. The molecule has 0 saturated heterocycles. The van der Waals surface area contributed by atoms with Crippen molar-refractivity contribution in [2.24, 2.45) is 0 Å². The number of nitrogens with zero attached hydrogens (tertiary/aromatic N) is 6. The van der Waals surface area contributed by atoms with E-state index in [-0.39, 0.29) is 0 Å². The molecule has 2 rings (SSSR count). The first-order valence-corrected chi connectivity index (χ1v) is 7.29. The fraction of sp³-hybridized carbons (Fsp3) is 0.692. The summed E-state index contributed by atoms with van der Waals surface area (Å²) in [5, 5.41) is 16.0. The molecule has 0 saturated carbocycles. The van der Waals surface area contributed by atoms with E-state index in [4.69, 9.17) is 0 Å². The molecule has 2 aromatic heterocycles. The van der Waals surface area contributed by atoms with Gasteiger partial charge in [-0.2, -0.15) is 5.10 Å². The number of hydrogen-bond acceptors (Lipinski definition) is 5. The zero-order valence-corrected chi connectivity index (χ0v) is 12.5. The summed E-state index contributed by atoms with van der Waals surface area (Å²) in [5.74, 6) is 1.95. The number of aromatic nitrogens is 6. The van der Waals surface area contributed by atoms with Crippen LogP contribution in [-0.2, 0) is 32.5 Å². The van der Waals surface area contributed by atoms with Crippen molar-refractivity contribution in [2.45, 2.75) is 53.2 Å². The molecule has 0 aliphatic rings. The topological polar surface area (TPSA) is 73.5 Å². The Labute approximate surface area is 119 Å². The molecule has 0 fully saturated rings. The van der Waals surface area contributed by atoms with Gasteiger partial charge in [-0.25, -0.2) is 9.67 Å². The molecule has 7 heteroatoms. The molecule has 1 N–H and O–H groups in total. The van der Waals surface area contributed by atoms with Crippen molar-refractivity contribution in [1.29, 1.82) is 0 Å². The number of aryl methyl sites for hydroxylation is 4. The van der Waals surface area contributed by atoms with Gasteiger partial charge in [-0.1, -0.05) is 26.0 Å². The first-order chi connectivity index (χ1) is 9.76. The Balaban J connectivity index is 1.94. The van der Waals surface area contributed by atoms with Crippen molar-refractivity contribution in [3.05, 3.63) is 23.5 Å². The van der Waals surface area contributed by atoms with E-state index in [1.54, 1.807) is 0 Å². The molecule has 0 radical (unpaired) electrons. The summed E-state index contributed by atoms with van der Waals surface area (Å²) >= 11 is 0. The van der Waals surface area contributed by atoms with Crippen LogP contribution in [0.1, 0.15) is 38.1 Å². The lowest BCUT2D eigenvalue weighted by molar-refractivity contribution is 0.475. The second kappa shape index (κ2) is 7.14. The van der Waals surface area contributed by atoms with Crippen LogP contribution in [0.3, 0.4) is 0 Å². The lowest BCUT2D eigenvalue weighted by Gasteiger charge is -2.03. The third-order valence-corrected chi connectivity index (χ3v) is 3.11. The Morgan fingerprint density at radius 1 is 1.15 bits per heavy atom. The van der Waals surface area contributed by atoms with Gasteiger partial charge in [-0.15, -0.1) is 5.10 Å². The Bertz CT molecular complexity index is 529. The maximum absolute atomic E-state index is 4.50. The van der Waals surface area contributed by atoms with Crippen LogP contribution >= 0.6 is 0 Å².